The Labute approximate surface area is 93.5 Å². The van der Waals surface area contributed by atoms with Crippen LogP contribution < -0.4 is 0 Å². The second-order valence-electron chi connectivity index (χ2n) is 0. The molecule has 42 valence electrons. The molecule has 0 aromatic rings. The molecule has 0 atom stereocenters. The molecule has 0 fully saturated rings. The van der Waals surface area contributed by atoms with Crippen LogP contribution in [0.15, 0.2) is 0 Å². The van der Waals surface area contributed by atoms with E-state index in [0.29, 0.717) is 0 Å². The molecule has 0 bridgehead atoms. The van der Waals surface area contributed by atoms with E-state index in [0.717, 1.165) is 0 Å². The molecular formula is H9KO4Re-. The van der Waals surface area contributed by atoms with Crippen LogP contribution in [0.2, 0.25) is 0 Å². The zero-order chi connectivity index (χ0) is 0. The second-order valence-corrected chi connectivity index (χ2v) is 0. The molecule has 0 amide bonds. The van der Waals surface area contributed by atoms with Crippen LogP contribution in [0.25, 0.3) is 0 Å². The standard InChI is InChI=1S/K.4H2O.Re.H2/h;4*1H2;;1H/p-1. The van der Waals surface area contributed by atoms with E-state index in [-0.39, 0.29) is 95.1 Å². The molecule has 0 aliphatic carbocycles. The minimum Gasteiger partial charge on any atom is -0.870 e. The molecule has 6 heavy (non-hydrogen) atoms. The predicted molar refractivity (Wildman–Crippen MR) is 20.6 cm³/mol. The third-order valence-corrected chi connectivity index (χ3v) is 0. The van der Waals surface area contributed by atoms with Gasteiger partial charge in [-0.3, -0.25) is 0 Å². The van der Waals surface area contributed by atoms with E-state index in [1.807, 2.05) is 0 Å². The van der Waals surface area contributed by atoms with E-state index < -0.39 is 0 Å². The Bertz CT molecular complexity index is 11.7. The second kappa shape index (κ2) is 58.8. The summed E-state index contributed by atoms with van der Waals surface area (Å²) in [6, 6.07) is 0. The third-order valence-electron chi connectivity index (χ3n) is 0. The van der Waals surface area contributed by atoms with Gasteiger partial charge in [-0.05, 0) is 0 Å². The van der Waals surface area contributed by atoms with Gasteiger partial charge in [-0.15, -0.1) is 0 Å². The summed E-state index contributed by atoms with van der Waals surface area (Å²) in [6.45, 7) is 0. The van der Waals surface area contributed by atoms with Gasteiger partial charge in [0.25, 0.3) is 0 Å². The predicted octanol–water partition coefficient (Wildman–Crippen LogP) is -2.79. The van der Waals surface area contributed by atoms with Crippen molar-refractivity contribution in [3.8, 4) is 0 Å². The maximum Gasteiger partial charge on any atom is 0 e. The average Bonchev–Trinajstić information content (AvgIpc) is 0. The first-order valence-corrected chi connectivity index (χ1v) is 0. The molecule has 0 aromatic carbocycles. The maximum atomic E-state index is 0. The van der Waals surface area contributed by atoms with Gasteiger partial charge in [0.05, 0.1) is 0 Å². The Balaban J connectivity index is 0. The molecule has 0 saturated carbocycles. The molecule has 0 spiro atoms. The summed E-state index contributed by atoms with van der Waals surface area (Å²) in [7, 11) is 0. The van der Waals surface area contributed by atoms with Crippen LogP contribution in [-0.4, -0.2) is 73.3 Å². The van der Waals surface area contributed by atoms with E-state index >= 15 is 0 Å². The Kier molecular flexibility index (Phi) is 889. The normalized spacial score (nSPS) is 0. The van der Waals surface area contributed by atoms with Gasteiger partial charge in [0.2, 0.25) is 0 Å². The molecule has 0 aliphatic rings. The maximum absolute atomic E-state index is 0. The summed E-state index contributed by atoms with van der Waals surface area (Å²) in [4.78, 5) is 0. The van der Waals surface area contributed by atoms with Crippen LogP contribution in [0.4, 0.5) is 0 Å². The molecule has 0 aliphatic heterocycles. The SMILES string of the molecule is O.O.O.[HH].[K].[OH-].[Re]. The van der Waals surface area contributed by atoms with Crippen molar-refractivity contribution in [1.82, 2.24) is 0 Å². The summed E-state index contributed by atoms with van der Waals surface area (Å²) in [5, 5.41) is 0. The molecule has 0 unspecified atom stereocenters. The van der Waals surface area contributed by atoms with Crippen LogP contribution >= 0.6 is 0 Å². The minimum atomic E-state index is 0. The van der Waals surface area contributed by atoms with Gasteiger partial charge >= 0.3 is 0 Å². The number of rotatable bonds is 0. The molecule has 0 heterocycles. The Hall–Kier alpha value is 2.14. The van der Waals surface area contributed by atoms with Crippen molar-refractivity contribution in [1.29, 1.82) is 0 Å². The van der Waals surface area contributed by atoms with E-state index in [1.54, 1.807) is 0 Å². The van der Waals surface area contributed by atoms with Gasteiger partial charge in [0.15, 0.2) is 0 Å². The summed E-state index contributed by atoms with van der Waals surface area (Å²) < 4.78 is 0. The van der Waals surface area contributed by atoms with Crippen molar-refractivity contribution >= 4 is 51.4 Å². The number of hydrogen-bond donors (Lipinski definition) is 0. The molecule has 0 rings (SSSR count). The molecule has 0 saturated heterocycles. The van der Waals surface area contributed by atoms with E-state index in [9.17, 15) is 0 Å². The van der Waals surface area contributed by atoms with Crippen molar-refractivity contribution in [2.45, 2.75) is 0 Å². The fourth-order valence-corrected chi connectivity index (χ4v) is 0. The smallest absolute Gasteiger partial charge is 0 e. The zero-order valence-electron chi connectivity index (χ0n) is 3.33. The summed E-state index contributed by atoms with van der Waals surface area (Å²) in [5.74, 6) is 0. The van der Waals surface area contributed by atoms with Crippen LogP contribution in [-0.2, 0) is 20.4 Å². The third kappa shape index (κ3) is 35.4. The molecule has 4 nitrogen and oxygen atoms in total. The fraction of sp³-hybridized carbons (Fsp3) is 0. The molecule has 6 heteroatoms. The molecule has 7 N–H and O–H groups in total. The monoisotopic (exact) mass is 299 g/mol. The quantitative estimate of drug-likeness (QED) is 0.441. The van der Waals surface area contributed by atoms with E-state index in [4.69, 9.17) is 0 Å². The van der Waals surface area contributed by atoms with Gasteiger partial charge in [0, 0.05) is 73.2 Å². The van der Waals surface area contributed by atoms with Crippen LogP contribution in [0.1, 0.15) is 1.43 Å². The van der Waals surface area contributed by atoms with Crippen molar-refractivity contribution in [2.24, 2.45) is 0 Å². The van der Waals surface area contributed by atoms with Crippen molar-refractivity contribution in [3.63, 3.8) is 0 Å². The Morgan fingerprint density at radius 1 is 0.833 bits per heavy atom. The first-order valence-electron chi connectivity index (χ1n) is 0. The summed E-state index contributed by atoms with van der Waals surface area (Å²) in [6.07, 6.45) is 0. The Morgan fingerprint density at radius 2 is 0.833 bits per heavy atom. The number of hydrogen-bond acceptors (Lipinski definition) is 1. The molecular weight excluding hydrogens is 289 g/mol. The molecule has 0 aromatic heterocycles. The van der Waals surface area contributed by atoms with Gasteiger partial charge in [-0.2, -0.15) is 0 Å². The van der Waals surface area contributed by atoms with E-state index in [2.05, 4.69) is 0 Å². The van der Waals surface area contributed by atoms with Gasteiger partial charge in [0.1, 0.15) is 0 Å². The largest absolute Gasteiger partial charge is 0.870 e. The molecule has 2 radical (unpaired) electrons. The van der Waals surface area contributed by atoms with Crippen molar-refractivity contribution < 1.29 is 43.8 Å². The summed E-state index contributed by atoms with van der Waals surface area (Å²) >= 11 is 0. The van der Waals surface area contributed by atoms with Crippen LogP contribution in [0.3, 0.4) is 0 Å². The Morgan fingerprint density at radius 3 is 0.833 bits per heavy atom. The fourth-order valence-electron chi connectivity index (χ4n) is 0. The summed E-state index contributed by atoms with van der Waals surface area (Å²) in [5.41, 5.74) is 0. The van der Waals surface area contributed by atoms with Gasteiger partial charge in [-0.25, -0.2) is 0 Å². The topological polar surface area (TPSA) is 124 Å². The first-order chi connectivity index (χ1) is 0. The average molecular weight is 298 g/mol. The van der Waals surface area contributed by atoms with Crippen LogP contribution in [0, 0.1) is 0 Å². The zero-order valence-corrected chi connectivity index (χ0v) is 9.16. The van der Waals surface area contributed by atoms with Gasteiger partial charge in [-0.1, -0.05) is 0 Å². The van der Waals surface area contributed by atoms with Gasteiger partial charge < -0.3 is 21.9 Å². The minimum absolute atomic E-state index is 0. The van der Waals surface area contributed by atoms with Crippen molar-refractivity contribution in [2.75, 3.05) is 0 Å². The van der Waals surface area contributed by atoms with Crippen LogP contribution in [0.5, 0.6) is 0 Å². The van der Waals surface area contributed by atoms with E-state index in [1.165, 1.54) is 0 Å². The van der Waals surface area contributed by atoms with Crippen molar-refractivity contribution in [3.05, 3.63) is 0 Å². The first kappa shape index (κ1) is 90.7.